The zero-order valence-electron chi connectivity index (χ0n) is 13.5. The van der Waals surface area contributed by atoms with Crippen LogP contribution in [0.4, 0.5) is 0 Å². The van der Waals surface area contributed by atoms with Gasteiger partial charge in [-0.15, -0.1) is 11.3 Å². The van der Waals surface area contributed by atoms with Gasteiger partial charge in [-0.2, -0.15) is 4.31 Å². The quantitative estimate of drug-likeness (QED) is 0.801. The number of aryl methyl sites for hydroxylation is 2. The highest BCUT2D eigenvalue weighted by Crippen LogP contribution is 2.50. The molecular formula is C15H21N3O3S2. The molecular weight excluding hydrogens is 334 g/mol. The van der Waals surface area contributed by atoms with Crippen LogP contribution in [0.3, 0.4) is 0 Å². The van der Waals surface area contributed by atoms with Crippen molar-refractivity contribution in [2.45, 2.75) is 38.8 Å². The molecule has 2 bridgehead atoms. The Hall–Kier alpha value is -0.990. The second-order valence-corrected chi connectivity index (χ2v) is 10.1. The minimum atomic E-state index is -3.15. The lowest BCUT2D eigenvalue weighted by molar-refractivity contribution is 0.0777. The van der Waals surface area contributed by atoms with Gasteiger partial charge in [0.25, 0.3) is 5.91 Å². The largest absolute Gasteiger partial charge is 0.337 e. The number of hydrogen-bond donors (Lipinski definition) is 0. The second-order valence-electron chi connectivity index (χ2n) is 6.99. The van der Waals surface area contributed by atoms with E-state index in [-0.39, 0.29) is 18.0 Å². The van der Waals surface area contributed by atoms with Gasteiger partial charge in [0.15, 0.2) is 0 Å². The molecule has 4 rings (SSSR count). The molecule has 0 radical (unpaired) electrons. The second kappa shape index (κ2) is 5.00. The molecule has 0 aliphatic carbocycles. The Morgan fingerprint density at radius 1 is 1.17 bits per heavy atom. The molecule has 4 atom stereocenters. The van der Waals surface area contributed by atoms with E-state index in [1.165, 1.54) is 17.6 Å². The topological polar surface area (TPSA) is 70.6 Å². The lowest BCUT2D eigenvalue weighted by Crippen LogP contribution is -2.40. The average Bonchev–Trinajstić information content (AvgIpc) is 3.14. The van der Waals surface area contributed by atoms with E-state index in [9.17, 15) is 13.2 Å². The van der Waals surface area contributed by atoms with Gasteiger partial charge in [0.05, 0.1) is 17.0 Å². The minimum absolute atomic E-state index is 0.0628. The summed E-state index contributed by atoms with van der Waals surface area (Å²) in [4.78, 5) is 19.8. The monoisotopic (exact) mass is 355 g/mol. The first kappa shape index (κ1) is 15.5. The number of rotatable bonds is 2. The summed E-state index contributed by atoms with van der Waals surface area (Å²) in [6.07, 6.45) is 3.17. The molecule has 3 saturated heterocycles. The van der Waals surface area contributed by atoms with Gasteiger partial charge in [0.1, 0.15) is 4.88 Å². The average molecular weight is 355 g/mol. The minimum Gasteiger partial charge on any atom is -0.337 e. The number of nitrogens with zero attached hydrogens (tertiary/aromatic N) is 3. The molecule has 8 heteroatoms. The zero-order chi connectivity index (χ0) is 16.5. The van der Waals surface area contributed by atoms with Crippen molar-refractivity contribution in [1.29, 1.82) is 0 Å². The maximum absolute atomic E-state index is 12.8. The number of thiazole rings is 1. The lowest BCUT2D eigenvalue weighted by atomic mass is 9.82. The molecule has 4 heterocycles. The number of aromatic nitrogens is 1. The van der Waals surface area contributed by atoms with Gasteiger partial charge in [-0.3, -0.25) is 4.79 Å². The molecule has 126 valence electrons. The molecule has 23 heavy (non-hydrogen) atoms. The summed E-state index contributed by atoms with van der Waals surface area (Å²) in [6, 6.07) is 0.171. The molecule has 3 fully saturated rings. The van der Waals surface area contributed by atoms with Gasteiger partial charge in [-0.05, 0) is 38.5 Å². The third-order valence-corrected chi connectivity index (χ3v) is 7.95. The highest BCUT2D eigenvalue weighted by atomic mass is 32.2. The number of likely N-dealkylation sites (tertiary alicyclic amines) is 1. The number of amides is 1. The highest BCUT2D eigenvalue weighted by Gasteiger charge is 2.59. The highest BCUT2D eigenvalue weighted by molar-refractivity contribution is 7.88. The van der Waals surface area contributed by atoms with Crippen molar-refractivity contribution in [3.8, 4) is 0 Å². The predicted octanol–water partition coefficient (Wildman–Crippen LogP) is 1.25. The summed E-state index contributed by atoms with van der Waals surface area (Å²) in [5, 5.41) is 0.911. The summed E-state index contributed by atoms with van der Waals surface area (Å²) in [5.74, 6) is 0.649. The molecule has 0 N–H and O–H groups in total. The van der Waals surface area contributed by atoms with Crippen molar-refractivity contribution < 1.29 is 13.2 Å². The molecule has 0 saturated carbocycles. The van der Waals surface area contributed by atoms with Gasteiger partial charge in [-0.1, -0.05) is 0 Å². The Morgan fingerprint density at radius 3 is 2.17 bits per heavy atom. The van der Waals surface area contributed by atoms with Gasteiger partial charge in [0.2, 0.25) is 10.0 Å². The first-order valence-corrected chi connectivity index (χ1v) is 10.7. The SMILES string of the molecule is Cc1nc(C)c(C(=O)N2C[C@@H]3[C@H](C2)[C@@H]2CC[C@H]3N2S(C)(=O)=O)s1. The van der Waals surface area contributed by atoms with E-state index in [4.69, 9.17) is 0 Å². The zero-order valence-corrected chi connectivity index (χ0v) is 15.2. The normalized spacial score (nSPS) is 33.4. The summed E-state index contributed by atoms with van der Waals surface area (Å²) in [6.45, 7) is 5.14. The van der Waals surface area contributed by atoms with Crippen LogP contribution in [-0.2, 0) is 10.0 Å². The Bertz CT molecular complexity index is 753. The summed E-state index contributed by atoms with van der Waals surface area (Å²) in [5.41, 5.74) is 0.801. The fraction of sp³-hybridized carbons (Fsp3) is 0.733. The number of hydrogen-bond acceptors (Lipinski definition) is 5. The third kappa shape index (κ3) is 2.26. The number of fused-ring (bicyclic) bond motifs is 5. The van der Waals surface area contributed by atoms with Gasteiger partial charge < -0.3 is 4.90 Å². The Kier molecular flexibility index (Phi) is 3.38. The van der Waals surface area contributed by atoms with Crippen LogP contribution >= 0.6 is 11.3 Å². The smallest absolute Gasteiger partial charge is 0.265 e. The Morgan fingerprint density at radius 2 is 1.74 bits per heavy atom. The summed E-state index contributed by atoms with van der Waals surface area (Å²) < 4.78 is 25.8. The molecule has 1 amide bonds. The first-order valence-electron chi connectivity index (χ1n) is 7.99. The van der Waals surface area contributed by atoms with E-state index in [1.807, 2.05) is 18.7 Å². The third-order valence-electron chi connectivity index (χ3n) is 5.58. The molecule has 0 unspecified atom stereocenters. The fourth-order valence-electron chi connectivity index (χ4n) is 4.85. The van der Waals surface area contributed by atoms with Crippen LogP contribution < -0.4 is 0 Å². The van der Waals surface area contributed by atoms with Crippen LogP contribution in [0.25, 0.3) is 0 Å². The summed E-state index contributed by atoms with van der Waals surface area (Å²) >= 11 is 1.45. The first-order chi connectivity index (χ1) is 10.8. The van der Waals surface area contributed by atoms with Crippen molar-refractivity contribution in [3.05, 3.63) is 15.6 Å². The Balaban J connectivity index is 1.56. The molecule has 0 spiro atoms. The number of carbonyl (C=O) groups excluding carboxylic acids is 1. The number of sulfonamides is 1. The van der Waals surface area contributed by atoms with Gasteiger partial charge in [-0.25, -0.2) is 13.4 Å². The maximum Gasteiger partial charge on any atom is 0.265 e. The molecule has 3 aliphatic rings. The van der Waals surface area contributed by atoms with E-state index in [0.717, 1.165) is 28.4 Å². The molecule has 1 aromatic rings. The van der Waals surface area contributed by atoms with Gasteiger partial charge in [0, 0.05) is 25.2 Å². The van der Waals surface area contributed by atoms with Crippen LogP contribution in [0.15, 0.2) is 0 Å². The van der Waals surface area contributed by atoms with E-state index in [1.54, 1.807) is 4.31 Å². The lowest BCUT2D eigenvalue weighted by Gasteiger charge is -2.24. The van der Waals surface area contributed by atoms with Crippen LogP contribution in [0.1, 0.15) is 33.2 Å². The standard InChI is InChI=1S/C15H21N3O3S2/c1-8-14(22-9(2)16-8)15(19)17-6-10-11(7-17)13-5-4-12(10)18(13)23(3,20)21/h10-13H,4-7H2,1-3H3/t10-,11+,12-,13+. The van der Waals surface area contributed by atoms with Crippen molar-refractivity contribution in [2.75, 3.05) is 19.3 Å². The van der Waals surface area contributed by atoms with Crippen LogP contribution in [0, 0.1) is 25.7 Å². The van der Waals surface area contributed by atoms with Crippen LogP contribution in [-0.4, -0.2) is 59.9 Å². The predicted molar refractivity (Wildman–Crippen MR) is 88.0 cm³/mol. The van der Waals surface area contributed by atoms with E-state index < -0.39 is 10.0 Å². The molecule has 6 nitrogen and oxygen atoms in total. The fourth-order valence-corrected chi connectivity index (χ4v) is 7.24. The Labute approximate surface area is 140 Å². The van der Waals surface area contributed by atoms with Crippen molar-refractivity contribution >= 4 is 27.3 Å². The molecule has 0 aromatic carbocycles. The van der Waals surface area contributed by atoms with Crippen LogP contribution in [0.5, 0.6) is 0 Å². The summed E-state index contributed by atoms with van der Waals surface area (Å²) in [7, 11) is -3.15. The van der Waals surface area contributed by atoms with Crippen molar-refractivity contribution in [3.63, 3.8) is 0 Å². The van der Waals surface area contributed by atoms with Crippen LogP contribution in [0.2, 0.25) is 0 Å². The number of carbonyl (C=O) groups is 1. The van der Waals surface area contributed by atoms with Gasteiger partial charge >= 0.3 is 0 Å². The van der Waals surface area contributed by atoms with E-state index >= 15 is 0 Å². The van der Waals surface area contributed by atoms with Crippen molar-refractivity contribution in [2.24, 2.45) is 11.8 Å². The molecule has 1 aromatic heterocycles. The van der Waals surface area contributed by atoms with Crippen molar-refractivity contribution in [1.82, 2.24) is 14.2 Å². The molecule has 3 aliphatic heterocycles. The van der Waals surface area contributed by atoms with E-state index in [2.05, 4.69) is 4.98 Å². The maximum atomic E-state index is 12.8. The van der Waals surface area contributed by atoms with E-state index in [0.29, 0.717) is 24.9 Å².